The van der Waals surface area contributed by atoms with Crippen LogP contribution in [0.4, 0.5) is 10.1 Å². The van der Waals surface area contributed by atoms with E-state index in [1.54, 1.807) is 6.92 Å². The van der Waals surface area contributed by atoms with Gasteiger partial charge in [-0.05, 0) is 40.9 Å². The normalized spacial score (nSPS) is 13.5. The Kier molecular flexibility index (Phi) is 5.72. The fraction of sp³-hybridized carbons (Fsp3) is 0.455. The lowest BCUT2D eigenvalue weighted by atomic mass is 10.2. The molecule has 4 N–H and O–H groups in total. The summed E-state index contributed by atoms with van der Waals surface area (Å²) in [5.41, 5.74) is 5.64. The van der Waals surface area contributed by atoms with E-state index in [1.807, 2.05) is 0 Å². The van der Waals surface area contributed by atoms with Crippen molar-refractivity contribution in [1.82, 2.24) is 4.72 Å². The molecule has 0 saturated heterocycles. The average Bonchev–Trinajstić information content (AvgIpc) is 2.33. The zero-order valence-electron chi connectivity index (χ0n) is 10.4. The van der Waals surface area contributed by atoms with Crippen molar-refractivity contribution < 1.29 is 17.9 Å². The Bertz CT molecular complexity index is 551. The molecule has 19 heavy (non-hydrogen) atoms. The third kappa shape index (κ3) is 4.41. The zero-order chi connectivity index (χ0) is 14.6. The van der Waals surface area contributed by atoms with Gasteiger partial charge in [-0.25, -0.2) is 17.5 Å². The summed E-state index contributed by atoms with van der Waals surface area (Å²) in [6.45, 7) is 1.82. The van der Waals surface area contributed by atoms with Crippen molar-refractivity contribution in [2.45, 2.75) is 30.8 Å². The van der Waals surface area contributed by atoms with Crippen LogP contribution in [0.5, 0.6) is 0 Å². The van der Waals surface area contributed by atoms with Crippen molar-refractivity contribution in [3.05, 3.63) is 22.4 Å². The summed E-state index contributed by atoms with van der Waals surface area (Å²) in [4.78, 5) is -0.509. The van der Waals surface area contributed by atoms with E-state index in [9.17, 15) is 17.9 Å². The van der Waals surface area contributed by atoms with Gasteiger partial charge >= 0.3 is 0 Å². The van der Waals surface area contributed by atoms with E-state index in [2.05, 4.69) is 20.7 Å². The van der Waals surface area contributed by atoms with Gasteiger partial charge in [-0.2, -0.15) is 0 Å². The van der Waals surface area contributed by atoms with Crippen LogP contribution in [0.1, 0.15) is 19.8 Å². The molecule has 8 heteroatoms. The molecular formula is C11H16BrFN2O3S. The maximum atomic E-state index is 13.8. The molecule has 0 fully saturated rings. The fourth-order valence-corrected chi connectivity index (χ4v) is 3.21. The van der Waals surface area contributed by atoms with Crippen molar-refractivity contribution in [1.29, 1.82) is 0 Å². The third-order valence-electron chi connectivity index (χ3n) is 2.55. The Hall–Kier alpha value is -0.700. The second-order valence-corrected chi connectivity index (χ2v) is 6.65. The molecule has 108 valence electrons. The van der Waals surface area contributed by atoms with E-state index >= 15 is 0 Å². The van der Waals surface area contributed by atoms with E-state index in [-0.39, 0.29) is 23.1 Å². The van der Waals surface area contributed by atoms with E-state index in [0.717, 1.165) is 6.07 Å². The van der Waals surface area contributed by atoms with Crippen molar-refractivity contribution in [2.75, 3.05) is 12.3 Å². The Balaban J connectivity index is 2.89. The van der Waals surface area contributed by atoms with Gasteiger partial charge in [0.1, 0.15) is 4.90 Å². The molecule has 0 bridgehead atoms. The van der Waals surface area contributed by atoms with Gasteiger partial charge in [-0.15, -0.1) is 0 Å². The lowest BCUT2D eigenvalue weighted by Gasteiger charge is -2.11. The maximum Gasteiger partial charge on any atom is 0.243 e. The first-order valence-electron chi connectivity index (χ1n) is 5.70. The largest absolute Gasteiger partial charge is 0.399 e. The number of rotatable bonds is 6. The van der Waals surface area contributed by atoms with Gasteiger partial charge in [0.25, 0.3) is 0 Å². The molecule has 1 unspecified atom stereocenters. The maximum absolute atomic E-state index is 13.8. The molecule has 0 aliphatic carbocycles. The third-order valence-corrected chi connectivity index (χ3v) is 4.58. The lowest BCUT2D eigenvalue weighted by Crippen LogP contribution is -2.28. The van der Waals surface area contributed by atoms with Crippen LogP contribution >= 0.6 is 15.9 Å². The van der Waals surface area contributed by atoms with Crippen molar-refractivity contribution >= 4 is 31.6 Å². The lowest BCUT2D eigenvalue weighted by molar-refractivity contribution is 0.162. The second-order valence-electron chi connectivity index (χ2n) is 4.06. The summed E-state index contributed by atoms with van der Waals surface area (Å²) in [7, 11) is -3.99. The standard InChI is InChI=1S/C11H16BrFN2O3S/c1-2-8(16)3-4-15-19(17,18)10-6-7(14)5-9(12)11(10)13/h5-6,8,15-16H,2-4,14H2,1H3. The highest BCUT2D eigenvalue weighted by atomic mass is 79.9. The highest BCUT2D eigenvalue weighted by Crippen LogP contribution is 2.25. The van der Waals surface area contributed by atoms with Gasteiger partial charge in [0.05, 0.1) is 10.6 Å². The van der Waals surface area contributed by atoms with E-state index < -0.39 is 26.8 Å². The Labute approximate surface area is 120 Å². The topological polar surface area (TPSA) is 92.4 Å². The van der Waals surface area contributed by atoms with Gasteiger partial charge in [0, 0.05) is 12.2 Å². The summed E-state index contributed by atoms with van der Waals surface area (Å²) in [5.74, 6) is -0.891. The number of sulfonamides is 1. The van der Waals surface area contributed by atoms with Crippen LogP contribution in [0.15, 0.2) is 21.5 Å². The first-order valence-corrected chi connectivity index (χ1v) is 7.97. The van der Waals surface area contributed by atoms with Gasteiger partial charge in [-0.1, -0.05) is 6.92 Å². The molecule has 1 aromatic rings. The predicted octanol–water partition coefficient (Wildman–Crippen LogP) is 1.61. The zero-order valence-corrected chi connectivity index (χ0v) is 12.8. The number of hydrogen-bond donors (Lipinski definition) is 3. The number of anilines is 1. The molecule has 0 radical (unpaired) electrons. The summed E-state index contributed by atoms with van der Waals surface area (Å²) in [5, 5.41) is 9.33. The minimum atomic E-state index is -3.99. The van der Waals surface area contributed by atoms with Crippen LogP contribution in [0.3, 0.4) is 0 Å². The van der Waals surface area contributed by atoms with Crippen LogP contribution in [-0.2, 0) is 10.0 Å². The quantitative estimate of drug-likeness (QED) is 0.676. The molecular weight excluding hydrogens is 339 g/mol. The van der Waals surface area contributed by atoms with Crippen molar-refractivity contribution in [3.63, 3.8) is 0 Å². The van der Waals surface area contributed by atoms with Gasteiger partial charge in [0.15, 0.2) is 5.82 Å². The summed E-state index contributed by atoms with van der Waals surface area (Å²) in [6, 6.07) is 2.34. The average molecular weight is 355 g/mol. The van der Waals surface area contributed by atoms with Crippen LogP contribution in [0, 0.1) is 5.82 Å². The molecule has 1 aromatic carbocycles. The molecule has 0 aliphatic rings. The highest BCUT2D eigenvalue weighted by Gasteiger charge is 2.21. The molecule has 0 aliphatic heterocycles. The van der Waals surface area contributed by atoms with E-state index in [0.29, 0.717) is 6.42 Å². The second kappa shape index (κ2) is 6.65. The van der Waals surface area contributed by atoms with Gasteiger partial charge < -0.3 is 10.8 Å². The molecule has 0 spiro atoms. The summed E-state index contributed by atoms with van der Waals surface area (Å²) < 4.78 is 39.8. The number of aliphatic hydroxyl groups excluding tert-OH is 1. The van der Waals surface area contributed by atoms with Crippen molar-refractivity contribution in [3.8, 4) is 0 Å². The Morgan fingerprint density at radius 2 is 2.16 bits per heavy atom. The molecule has 0 amide bonds. The van der Waals surface area contributed by atoms with Gasteiger partial charge in [-0.3, -0.25) is 0 Å². The fourth-order valence-electron chi connectivity index (χ4n) is 1.42. The number of aliphatic hydroxyl groups is 1. The first-order chi connectivity index (χ1) is 8.77. The van der Waals surface area contributed by atoms with Crippen LogP contribution in [0.25, 0.3) is 0 Å². The number of hydrogen-bond acceptors (Lipinski definition) is 4. The van der Waals surface area contributed by atoms with Gasteiger partial charge in [0.2, 0.25) is 10.0 Å². The van der Waals surface area contributed by atoms with Crippen molar-refractivity contribution in [2.24, 2.45) is 0 Å². The molecule has 0 aromatic heterocycles. The minimum absolute atomic E-state index is 0.0125. The first kappa shape index (κ1) is 16.4. The summed E-state index contributed by atoms with van der Waals surface area (Å²) in [6.07, 6.45) is 0.209. The Morgan fingerprint density at radius 3 is 2.74 bits per heavy atom. The van der Waals surface area contributed by atoms with E-state index in [1.165, 1.54) is 6.07 Å². The van der Waals surface area contributed by atoms with Crippen LogP contribution < -0.4 is 10.5 Å². The van der Waals surface area contributed by atoms with E-state index in [4.69, 9.17) is 5.73 Å². The molecule has 1 atom stereocenters. The predicted molar refractivity (Wildman–Crippen MR) is 74.6 cm³/mol. The molecule has 5 nitrogen and oxygen atoms in total. The Morgan fingerprint density at radius 1 is 1.53 bits per heavy atom. The molecule has 0 saturated carbocycles. The van der Waals surface area contributed by atoms with Crippen LogP contribution in [-0.4, -0.2) is 26.2 Å². The smallest absolute Gasteiger partial charge is 0.243 e. The minimum Gasteiger partial charge on any atom is -0.399 e. The highest BCUT2D eigenvalue weighted by molar-refractivity contribution is 9.10. The molecule has 0 heterocycles. The number of nitrogens with one attached hydrogen (secondary N) is 1. The molecule has 1 rings (SSSR count). The monoisotopic (exact) mass is 354 g/mol. The van der Waals surface area contributed by atoms with Crippen LogP contribution in [0.2, 0.25) is 0 Å². The SMILES string of the molecule is CCC(O)CCNS(=O)(=O)c1cc(N)cc(Br)c1F. The summed E-state index contributed by atoms with van der Waals surface area (Å²) >= 11 is 2.90. The number of nitrogen functional groups attached to an aromatic ring is 1. The number of nitrogens with two attached hydrogens (primary N) is 1. The number of halogens is 2. The number of benzene rings is 1.